The summed E-state index contributed by atoms with van der Waals surface area (Å²) in [5, 5.41) is 13.6. The summed E-state index contributed by atoms with van der Waals surface area (Å²) in [6, 6.07) is 12.8. The highest BCUT2D eigenvalue weighted by Crippen LogP contribution is 2.26. The van der Waals surface area contributed by atoms with E-state index in [0.717, 1.165) is 11.0 Å². The number of aryl methyl sites for hydroxylation is 1. The van der Waals surface area contributed by atoms with Gasteiger partial charge in [0.1, 0.15) is 5.82 Å². The van der Waals surface area contributed by atoms with Crippen LogP contribution in [0.15, 0.2) is 53.3 Å². The Morgan fingerprint density at radius 2 is 1.85 bits per heavy atom. The largest absolute Gasteiger partial charge is 0.389 e. The molecule has 0 fully saturated rings. The highest BCUT2D eigenvalue weighted by Gasteiger charge is 2.27. The molecule has 3 rings (SSSR count). The number of aromatic nitrogens is 2. The number of benzene rings is 2. The molecule has 26 heavy (non-hydrogen) atoms. The molecular weight excluding hydrogens is 357 g/mol. The Hall–Kier alpha value is -2.15. The first-order valence-electron chi connectivity index (χ1n) is 8.36. The van der Waals surface area contributed by atoms with Gasteiger partial charge in [0.05, 0.1) is 23.2 Å². The normalized spacial score (nSPS) is 13.4. The predicted octanol–water partition coefficient (Wildman–Crippen LogP) is 2.55. The lowest BCUT2D eigenvalue weighted by Gasteiger charge is -2.25. The number of aliphatic hydroxyl groups is 1. The Balaban J connectivity index is 0.00000243. The Morgan fingerprint density at radius 3 is 2.46 bits per heavy atom. The summed E-state index contributed by atoms with van der Waals surface area (Å²) in [6.07, 6.45) is -0.888. The van der Waals surface area contributed by atoms with Gasteiger partial charge in [0.2, 0.25) is 0 Å². The van der Waals surface area contributed by atoms with Crippen molar-refractivity contribution in [2.75, 3.05) is 13.6 Å². The Bertz CT molecular complexity index is 938. The third-order valence-electron chi connectivity index (χ3n) is 4.43. The fraction of sp³-hybridized carbons (Fsp3) is 0.316. The number of para-hydroxylation sites is 2. The lowest BCUT2D eigenvalue weighted by molar-refractivity contribution is 0.130. The van der Waals surface area contributed by atoms with E-state index >= 15 is 0 Å². The van der Waals surface area contributed by atoms with Crippen molar-refractivity contribution in [3.8, 4) is 0 Å². The summed E-state index contributed by atoms with van der Waals surface area (Å²) in [5.41, 5.74) is 1.86. The summed E-state index contributed by atoms with van der Waals surface area (Å²) < 4.78 is 17.0. The van der Waals surface area contributed by atoms with Crippen LogP contribution in [0.25, 0.3) is 11.0 Å². The summed E-state index contributed by atoms with van der Waals surface area (Å²) in [6.45, 7) is 2.70. The highest BCUT2D eigenvalue weighted by atomic mass is 35.5. The Labute approximate surface area is 157 Å². The first kappa shape index (κ1) is 20.2. The van der Waals surface area contributed by atoms with Crippen LogP contribution in [-0.2, 0) is 6.54 Å². The van der Waals surface area contributed by atoms with Gasteiger partial charge in [-0.2, -0.15) is 0 Å². The smallest absolute Gasteiger partial charge is 0.329 e. The number of imidazole rings is 1. The molecule has 2 atom stereocenters. The predicted molar refractivity (Wildman–Crippen MR) is 104 cm³/mol. The minimum Gasteiger partial charge on any atom is -0.389 e. The molecular formula is C19H23ClFN3O2. The molecule has 0 aliphatic heterocycles. The Kier molecular flexibility index (Phi) is 6.58. The van der Waals surface area contributed by atoms with E-state index in [1.165, 1.54) is 12.1 Å². The number of likely N-dealkylation sites (N-methyl/N-ethyl adjacent to an activating group) is 1. The van der Waals surface area contributed by atoms with Crippen molar-refractivity contribution in [2.45, 2.75) is 25.6 Å². The molecule has 0 amide bonds. The zero-order valence-corrected chi connectivity index (χ0v) is 15.5. The second kappa shape index (κ2) is 8.49. The molecule has 0 aliphatic carbocycles. The van der Waals surface area contributed by atoms with Gasteiger partial charge >= 0.3 is 5.69 Å². The maximum absolute atomic E-state index is 13.8. The third kappa shape index (κ3) is 3.53. The van der Waals surface area contributed by atoms with E-state index in [0.29, 0.717) is 12.1 Å². The summed E-state index contributed by atoms with van der Waals surface area (Å²) >= 11 is 0. The number of nitrogens with one attached hydrogen (secondary N) is 1. The maximum Gasteiger partial charge on any atom is 0.329 e. The second-order valence-electron chi connectivity index (χ2n) is 6.01. The first-order chi connectivity index (χ1) is 12.1. The van der Waals surface area contributed by atoms with Gasteiger partial charge in [-0.05, 0) is 43.8 Å². The molecule has 0 aliphatic rings. The molecule has 0 radical (unpaired) electrons. The SMILES string of the molecule is CCn1c(=O)n([C@@H](c2cccc(F)c2)[C@H](O)CNC)c2ccccc21.Cl. The van der Waals surface area contributed by atoms with Crippen LogP contribution >= 0.6 is 12.4 Å². The van der Waals surface area contributed by atoms with Crippen molar-refractivity contribution in [1.82, 2.24) is 14.5 Å². The number of hydrogen-bond donors (Lipinski definition) is 2. The zero-order chi connectivity index (χ0) is 18.0. The summed E-state index contributed by atoms with van der Waals surface area (Å²) in [4.78, 5) is 13.0. The number of nitrogens with zero attached hydrogens (tertiary/aromatic N) is 2. The van der Waals surface area contributed by atoms with E-state index in [4.69, 9.17) is 0 Å². The van der Waals surface area contributed by atoms with Crippen LogP contribution in [0.2, 0.25) is 0 Å². The molecule has 7 heteroatoms. The van der Waals surface area contributed by atoms with Crippen molar-refractivity contribution < 1.29 is 9.50 Å². The molecule has 0 spiro atoms. The van der Waals surface area contributed by atoms with Gasteiger partial charge in [-0.3, -0.25) is 9.13 Å². The monoisotopic (exact) mass is 379 g/mol. The average Bonchev–Trinajstić information content (AvgIpc) is 2.87. The van der Waals surface area contributed by atoms with Crippen molar-refractivity contribution in [2.24, 2.45) is 0 Å². The maximum atomic E-state index is 13.8. The van der Waals surface area contributed by atoms with Crippen molar-refractivity contribution in [3.63, 3.8) is 0 Å². The molecule has 0 saturated carbocycles. The molecule has 1 aromatic heterocycles. The molecule has 5 nitrogen and oxygen atoms in total. The molecule has 2 N–H and O–H groups in total. The first-order valence-corrected chi connectivity index (χ1v) is 8.36. The zero-order valence-electron chi connectivity index (χ0n) is 14.7. The second-order valence-corrected chi connectivity index (χ2v) is 6.01. The topological polar surface area (TPSA) is 59.2 Å². The van der Waals surface area contributed by atoms with E-state index in [1.807, 2.05) is 31.2 Å². The fourth-order valence-corrected chi connectivity index (χ4v) is 3.36. The van der Waals surface area contributed by atoms with Gasteiger partial charge in [-0.25, -0.2) is 9.18 Å². The number of halogens is 2. The van der Waals surface area contributed by atoms with Gasteiger partial charge in [0.15, 0.2) is 0 Å². The number of aliphatic hydroxyl groups excluding tert-OH is 1. The Morgan fingerprint density at radius 1 is 1.15 bits per heavy atom. The van der Waals surface area contributed by atoms with E-state index in [-0.39, 0.29) is 24.6 Å². The fourth-order valence-electron chi connectivity index (χ4n) is 3.36. The van der Waals surface area contributed by atoms with E-state index in [2.05, 4.69) is 5.32 Å². The quantitative estimate of drug-likeness (QED) is 0.692. The van der Waals surface area contributed by atoms with Crippen LogP contribution in [0.1, 0.15) is 18.5 Å². The third-order valence-corrected chi connectivity index (χ3v) is 4.43. The molecule has 3 aromatic rings. The number of fused-ring (bicyclic) bond motifs is 1. The highest BCUT2D eigenvalue weighted by molar-refractivity contribution is 5.85. The van der Waals surface area contributed by atoms with Gasteiger partial charge in [0, 0.05) is 13.1 Å². The van der Waals surface area contributed by atoms with E-state index in [9.17, 15) is 14.3 Å². The lowest BCUT2D eigenvalue weighted by atomic mass is 10.0. The number of hydrogen-bond acceptors (Lipinski definition) is 3. The van der Waals surface area contributed by atoms with Crippen LogP contribution in [0, 0.1) is 5.82 Å². The van der Waals surface area contributed by atoms with Crippen LogP contribution in [0.5, 0.6) is 0 Å². The van der Waals surface area contributed by atoms with Crippen LogP contribution in [0.4, 0.5) is 4.39 Å². The van der Waals surface area contributed by atoms with E-state index < -0.39 is 18.0 Å². The molecule has 0 bridgehead atoms. The van der Waals surface area contributed by atoms with Gasteiger partial charge < -0.3 is 10.4 Å². The summed E-state index contributed by atoms with van der Waals surface area (Å²) in [7, 11) is 1.73. The van der Waals surface area contributed by atoms with Gasteiger partial charge in [0.25, 0.3) is 0 Å². The molecule has 0 saturated heterocycles. The standard InChI is InChI=1S/C19H22FN3O2.ClH/c1-3-22-15-9-4-5-10-16(15)23(19(22)25)18(17(24)12-21-2)13-7-6-8-14(20)11-13;/h4-11,17-18,21,24H,3,12H2,1-2H3;1H/t17-,18+;/m1./s1. The molecule has 140 valence electrons. The van der Waals surface area contributed by atoms with Crippen molar-refractivity contribution >= 4 is 23.4 Å². The van der Waals surface area contributed by atoms with Gasteiger partial charge in [-0.1, -0.05) is 24.3 Å². The average molecular weight is 380 g/mol. The van der Waals surface area contributed by atoms with Crippen molar-refractivity contribution in [1.29, 1.82) is 0 Å². The lowest BCUT2D eigenvalue weighted by Crippen LogP contribution is -2.38. The molecule has 2 aromatic carbocycles. The van der Waals surface area contributed by atoms with Crippen LogP contribution < -0.4 is 11.0 Å². The van der Waals surface area contributed by atoms with Crippen molar-refractivity contribution in [3.05, 3.63) is 70.4 Å². The molecule has 0 unspecified atom stereocenters. The minimum atomic E-state index is -0.888. The van der Waals surface area contributed by atoms with Gasteiger partial charge in [-0.15, -0.1) is 12.4 Å². The molecule has 1 heterocycles. The van der Waals surface area contributed by atoms with Crippen LogP contribution in [0.3, 0.4) is 0 Å². The minimum absolute atomic E-state index is 0. The number of rotatable bonds is 6. The van der Waals surface area contributed by atoms with E-state index in [1.54, 1.807) is 28.3 Å². The van der Waals surface area contributed by atoms with Crippen LogP contribution in [-0.4, -0.2) is 33.9 Å². The summed E-state index contributed by atoms with van der Waals surface area (Å²) in [5.74, 6) is -0.397.